The molecule has 0 spiro atoms. The Morgan fingerprint density at radius 3 is 2.38 bits per heavy atom. The zero-order valence-electron chi connectivity index (χ0n) is 14.7. The molecule has 0 bridgehead atoms. The Morgan fingerprint density at radius 2 is 1.65 bits per heavy atom. The number of aromatic nitrogens is 1. The lowest BCUT2D eigenvalue weighted by Crippen LogP contribution is -2.52. The summed E-state index contributed by atoms with van der Waals surface area (Å²) >= 11 is 0. The predicted molar refractivity (Wildman–Crippen MR) is 95.6 cm³/mol. The van der Waals surface area contributed by atoms with Crippen LogP contribution in [0.25, 0.3) is 11.1 Å². The molecule has 0 radical (unpaired) electrons. The second-order valence-electron chi connectivity index (χ2n) is 7.11. The van der Waals surface area contributed by atoms with Gasteiger partial charge >= 0.3 is 5.76 Å². The highest BCUT2D eigenvalue weighted by Crippen LogP contribution is 2.27. The Labute approximate surface area is 151 Å². The van der Waals surface area contributed by atoms with Crippen molar-refractivity contribution in [3.63, 3.8) is 0 Å². The molecular weight excluding hydrogens is 334 g/mol. The van der Waals surface area contributed by atoms with E-state index < -0.39 is 5.76 Å². The van der Waals surface area contributed by atoms with Crippen LogP contribution in [-0.2, 0) is 16.1 Å². The Hall–Kier alpha value is -2.57. The molecular formula is C19H23N3O4. The number of para-hydroxylation sites is 2. The molecule has 0 unspecified atom stereocenters. The van der Waals surface area contributed by atoms with Crippen molar-refractivity contribution in [2.45, 2.75) is 32.2 Å². The molecule has 1 aromatic heterocycles. The number of carbonyl (C=O) groups excluding carboxylic acids is 2. The van der Waals surface area contributed by atoms with E-state index in [9.17, 15) is 14.4 Å². The highest BCUT2D eigenvalue weighted by molar-refractivity contribution is 5.81. The lowest BCUT2D eigenvalue weighted by molar-refractivity contribution is -0.142. The highest BCUT2D eigenvalue weighted by Gasteiger charge is 2.30. The van der Waals surface area contributed by atoms with E-state index in [1.807, 2.05) is 11.0 Å². The Bertz CT molecular complexity index is 870. The van der Waals surface area contributed by atoms with E-state index in [0.29, 0.717) is 37.3 Å². The zero-order valence-corrected chi connectivity index (χ0v) is 14.7. The lowest BCUT2D eigenvalue weighted by Gasteiger charge is -2.36. The molecule has 1 aliphatic heterocycles. The Kier molecular flexibility index (Phi) is 4.53. The van der Waals surface area contributed by atoms with Gasteiger partial charge in [-0.1, -0.05) is 25.0 Å². The summed E-state index contributed by atoms with van der Waals surface area (Å²) in [5.41, 5.74) is 1.11. The minimum Gasteiger partial charge on any atom is -0.408 e. The minimum absolute atomic E-state index is 0.0353. The second-order valence-corrected chi connectivity index (χ2v) is 7.11. The maximum atomic E-state index is 12.6. The van der Waals surface area contributed by atoms with Gasteiger partial charge in [0.2, 0.25) is 11.8 Å². The first-order valence-electron chi connectivity index (χ1n) is 9.28. The van der Waals surface area contributed by atoms with Crippen molar-refractivity contribution in [3.05, 3.63) is 34.8 Å². The Morgan fingerprint density at radius 1 is 1.00 bits per heavy atom. The number of benzene rings is 1. The largest absolute Gasteiger partial charge is 0.420 e. The summed E-state index contributed by atoms with van der Waals surface area (Å²) in [5.74, 6) is -0.221. The van der Waals surface area contributed by atoms with Gasteiger partial charge < -0.3 is 14.2 Å². The molecule has 26 heavy (non-hydrogen) atoms. The SMILES string of the molecule is O=C(Cn1c(=O)oc2ccccc21)N1CCN(C(=O)C2CCCC2)CC1. The molecule has 1 saturated carbocycles. The van der Waals surface area contributed by atoms with Gasteiger partial charge in [-0.25, -0.2) is 4.79 Å². The fourth-order valence-corrected chi connectivity index (χ4v) is 4.01. The molecule has 0 N–H and O–H groups in total. The number of nitrogens with zero attached hydrogens (tertiary/aromatic N) is 3. The molecule has 4 rings (SSSR count). The van der Waals surface area contributed by atoms with E-state index in [1.54, 1.807) is 23.1 Å². The van der Waals surface area contributed by atoms with Crippen molar-refractivity contribution >= 4 is 22.9 Å². The van der Waals surface area contributed by atoms with Crippen LogP contribution < -0.4 is 5.76 Å². The van der Waals surface area contributed by atoms with Crippen molar-refractivity contribution in [1.29, 1.82) is 0 Å². The number of piperazine rings is 1. The average Bonchev–Trinajstić information content (AvgIpc) is 3.30. The van der Waals surface area contributed by atoms with Gasteiger partial charge in [0.15, 0.2) is 5.58 Å². The molecule has 138 valence electrons. The van der Waals surface area contributed by atoms with Gasteiger partial charge in [-0.05, 0) is 25.0 Å². The molecule has 2 aliphatic rings. The summed E-state index contributed by atoms with van der Waals surface area (Å²) in [4.78, 5) is 40.7. The van der Waals surface area contributed by atoms with Gasteiger partial charge in [0.25, 0.3) is 0 Å². The lowest BCUT2D eigenvalue weighted by atomic mass is 10.1. The van der Waals surface area contributed by atoms with Crippen molar-refractivity contribution < 1.29 is 14.0 Å². The topological polar surface area (TPSA) is 75.8 Å². The van der Waals surface area contributed by atoms with Crippen molar-refractivity contribution in [3.8, 4) is 0 Å². The van der Waals surface area contributed by atoms with Gasteiger partial charge in [-0.3, -0.25) is 14.2 Å². The maximum absolute atomic E-state index is 12.6. The second kappa shape index (κ2) is 6.97. The molecule has 0 atom stereocenters. The summed E-state index contributed by atoms with van der Waals surface area (Å²) in [6, 6.07) is 7.08. The van der Waals surface area contributed by atoms with E-state index >= 15 is 0 Å². The number of hydrogen-bond acceptors (Lipinski definition) is 4. The van der Waals surface area contributed by atoms with Gasteiger partial charge in [0, 0.05) is 32.1 Å². The third-order valence-electron chi connectivity index (χ3n) is 5.52. The van der Waals surface area contributed by atoms with Crippen LogP contribution in [0, 0.1) is 5.92 Å². The number of fused-ring (bicyclic) bond motifs is 1. The summed E-state index contributed by atoms with van der Waals surface area (Å²) in [6.07, 6.45) is 4.27. The molecule has 2 heterocycles. The third kappa shape index (κ3) is 3.13. The molecule has 7 nitrogen and oxygen atoms in total. The molecule has 2 amide bonds. The predicted octanol–water partition coefficient (Wildman–Crippen LogP) is 1.46. The summed E-state index contributed by atoms with van der Waals surface area (Å²) in [7, 11) is 0. The van der Waals surface area contributed by atoms with E-state index in [0.717, 1.165) is 25.7 Å². The van der Waals surface area contributed by atoms with Crippen LogP contribution in [0.4, 0.5) is 0 Å². The maximum Gasteiger partial charge on any atom is 0.420 e. The number of hydrogen-bond donors (Lipinski definition) is 0. The van der Waals surface area contributed by atoms with Crippen LogP contribution in [0.15, 0.2) is 33.5 Å². The number of oxazole rings is 1. The molecule has 1 aliphatic carbocycles. The van der Waals surface area contributed by atoms with Crippen LogP contribution in [0.1, 0.15) is 25.7 Å². The van der Waals surface area contributed by atoms with Crippen molar-refractivity contribution in [2.75, 3.05) is 26.2 Å². The van der Waals surface area contributed by atoms with Crippen LogP contribution in [-0.4, -0.2) is 52.4 Å². The molecule has 2 aromatic rings. The van der Waals surface area contributed by atoms with Gasteiger partial charge in [-0.15, -0.1) is 0 Å². The average molecular weight is 357 g/mol. The van der Waals surface area contributed by atoms with E-state index in [2.05, 4.69) is 0 Å². The highest BCUT2D eigenvalue weighted by atomic mass is 16.4. The molecule has 2 fully saturated rings. The van der Waals surface area contributed by atoms with E-state index in [1.165, 1.54) is 4.57 Å². The molecule has 1 aromatic carbocycles. The van der Waals surface area contributed by atoms with Crippen LogP contribution in [0.2, 0.25) is 0 Å². The number of rotatable bonds is 3. The first kappa shape index (κ1) is 16.9. The first-order valence-corrected chi connectivity index (χ1v) is 9.28. The monoisotopic (exact) mass is 357 g/mol. The normalized spacial score (nSPS) is 18.6. The summed E-state index contributed by atoms with van der Waals surface area (Å²) < 4.78 is 6.55. The smallest absolute Gasteiger partial charge is 0.408 e. The van der Waals surface area contributed by atoms with Crippen LogP contribution in [0.3, 0.4) is 0 Å². The van der Waals surface area contributed by atoms with Gasteiger partial charge in [0.05, 0.1) is 5.52 Å². The zero-order chi connectivity index (χ0) is 18.1. The quantitative estimate of drug-likeness (QED) is 0.833. The fourth-order valence-electron chi connectivity index (χ4n) is 4.01. The van der Waals surface area contributed by atoms with E-state index in [4.69, 9.17) is 4.42 Å². The van der Waals surface area contributed by atoms with Crippen molar-refractivity contribution in [1.82, 2.24) is 14.4 Å². The minimum atomic E-state index is -0.519. The molecule has 1 saturated heterocycles. The molecule has 7 heteroatoms. The summed E-state index contributed by atoms with van der Waals surface area (Å²) in [6.45, 7) is 2.14. The summed E-state index contributed by atoms with van der Waals surface area (Å²) in [5, 5.41) is 0. The fraction of sp³-hybridized carbons (Fsp3) is 0.526. The van der Waals surface area contributed by atoms with Crippen LogP contribution in [0.5, 0.6) is 0 Å². The Balaban J connectivity index is 1.38. The number of amides is 2. The van der Waals surface area contributed by atoms with Crippen molar-refractivity contribution in [2.24, 2.45) is 5.92 Å². The van der Waals surface area contributed by atoms with Gasteiger partial charge in [0.1, 0.15) is 6.54 Å². The van der Waals surface area contributed by atoms with Crippen LogP contribution >= 0.6 is 0 Å². The van der Waals surface area contributed by atoms with E-state index in [-0.39, 0.29) is 24.3 Å². The number of carbonyl (C=O) groups is 2. The third-order valence-corrected chi connectivity index (χ3v) is 5.52. The van der Waals surface area contributed by atoms with Gasteiger partial charge in [-0.2, -0.15) is 0 Å². The first-order chi connectivity index (χ1) is 12.6. The standard InChI is InChI=1S/C19H23N3O4/c23-17(13-22-15-7-3-4-8-16(15)26-19(22)25)20-9-11-21(12-10-20)18(24)14-5-1-2-6-14/h3-4,7-8,14H,1-2,5-6,9-13H2.